The van der Waals surface area contributed by atoms with Crippen LogP contribution >= 0.6 is 31.9 Å². The highest BCUT2D eigenvalue weighted by Gasteiger charge is 2.09. The summed E-state index contributed by atoms with van der Waals surface area (Å²) in [6, 6.07) is 19.9. The maximum atomic E-state index is 10.8. The Morgan fingerprint density at radius 2 is 1.62 bits per heavy atom. The van der Waals surface area contributed by atoms with E-state index in [1.807, 2.05) is 42.5 Å². The Morgan fingerprint density at radius 3 is 2.31 bits per heavy atom. The number of hydrogen-bond donors (Lipinski definition) is 0. The van der Waals surface area contributed by atoms with Gasteiger partial charge in [-0.3, -0.25) is 10.1 Å². The summed E-state index contributed by atoms with van der Waals surface area (Å²) >= 11 is 7.03. The van der Waals surface area contributed by atoms with Gasteiger partial charge in [-0.1, -0.05) is 47.6 Å². The van der Waals surface area contributed by atoms with Crippen LogP contribution in [0.3, 0.4) is 0 Å². The summed E-state index contributed by atoms with van der Waals surface area (Å²) in [6.45, 7) is 0.594. The third-order valence-corrected chi connectivity index (χ3v) is 5.05. The van der Waals surface area contributed by atoms with Gasteiger partial charge in [0.15, 0.2) is 0 Å². The number of halogens is 2. The molecule has 0 atom stereocenters. The number of rotatable bonds is 8. The lowest BCUT2D eigenvalue weighted by atomic mass is 10.2. The molecule has 0 aliphatic carbocycles. The number of nitrogens with zero attached hydrogens (tertiary/aromatic N) is 2. The summed E-state index contributed by atoms with van der Waals surface area (Å²) < 4.78 is 7.46. The molecular formula is C21H16Br2N2O4. The van der Waals surface area contributed by atoms with Gasteiger partial charge in [-0.25, -0.2) is 0 Å². The molecule has 0 N–H and O–H groups in total. The van der Waals surface area contributed by atoms with Crippen LogP contribution < -0.4 is 4.74 Å². The van der Waals surface area contributed by atoms with Gasteiger partial charge in [0.2, 0.25) is 0 Å². The molecule has 0 fully saturated rings. The molecule has 6 nitrogen and oxygen atoms in total. The summed E-state index contributed by atoms with van der Waals surface area (Å²) in [6.07, 6.45) is 1.56. The van der Waals surface area contributed by atoms with E-state index < -0.39 is 4.92 Å². The first-order valence-electron chi connectivity index (χ1n) is 8.57. The predicted octanol–water partition coefficient (Wildman–Crippen LogP) is 6.25. The van der Waals surface area contributed by atoms with Crippen molar-refractivity contribution in [3.8, 4) is 5.75 Å². The lowest BCUT2D eigenvalue weighted by Gasteiger charge is -2.11. The molecule has 0 bridgehead atoms. The third kappa shape index (κ3) is 6.13. The molecule has 0 saturated heterocycles. The van der Waals surface area contributed by atoms with Crippen LogP contribution in [0.4, 0.5) is 5.69 Å². The number of nitro groups is 1. The number of oxime groups is 1. The van der Waals surface area contributed by atoms with E-state index in [2.05, 4.69) is 37.0 Å². The minimum Gasteiger partial charge on any atom is -0.487 e. The van der Waals surface area contributed by atoms with Crippen LogP contribution in [0.2, 0.25) is 0 Å². The molecular weight excluding hydrogens is 504 g/mol. The standard InChI is InChI=1S/C21H16Br2N2O4/c22-19-10-17(11-20(23)21(19)28-13-15-5-2-1-3-6-15)12-24-29-14-16-7-4-8-18(9-16)25(26)27/h1-12H,13-14H2/b24-12-. The van der Waals surface area contributed by atoms with Crippen LogP contribution in [0.15, 0.2) is 80.8 Å². The Bertz CT molecular complexity index is 1000. The predicted molar refractivity (Wildman–Crippen MR) is 118 cm³/mol. The molecule has 0 heterocycles. The molecule has 0 radical (unpaired) electrons. The average Bonchev–Trinajstić information content (AvgIpc) is 2.71. The topological polar surface area (TPSA) is 74.0 Å². The fourth-order valence-corrected chi connectivity index (χ4v) is 3.94. The number of nitro benzene ring substituents is 1. The second-order valence-electron chi connectivity index (χ2n) is 6.02. The van der Waals surface area contributed by atoms with Crippen molar-refractivity contribution in [2.45, 2.75) is 13.2 Å². The van der Waals surface area contributed by atoms with Crippen molar-refractivity contribution in [3.63, 3.8) is 0 Å². The van der Waals surface area contributed by atoms with Gasteiger partial charge in [-0.2, -0.15) is 0 Å². The summed E-state index contributed by atoms with van der Waals surface area (Å²) in [5.41, 5.74) is 2.57. The first-order chi connectivity index (χ1) is 14.0. The monoisotopic (exact) mass is 518 g/mol. The zero-order valence-corrected chi connectivity index (χ0v) is 18.3. The molecule has 29 heavy (non-hydrogen) atoms. The minimum absolute atomic E-state index is 0.0223. The third-order valence-electron chi connectivity index (χ3n) is 3.88. The highest BCUT2D eigenvalue weighted by molar-refractivity contribution is 9.11. The van der Waals surface area contributed by atoms with Gasteiger partial charge in [-0.15, -0.1) is 0 Å². The maximum absolute atomic E-state index is 10.8. The van der Waals surface area contributed by atoms with Gasteiger partial charge in [0.1, 0.15) is 19.0 Å². The molecule has 0 aromatic heterocycles. The average molecular weight is 520 g/mol. The van der Waals surface area contributed by atoms with Crippen LogP contribution in [-0.2, 0) is 18.1 Å². The Morgan fingerprint density at radius 1 is 0.931 bits per heavy atom. The zero-order valence-electron chi connectivity index (χ0n) is 15.1. The smallest absolute Gasteiger partial charge is 0.269 e. The molecule has 8 heteroatoms. The first kappa shape index (κ1) is 21.0. The van der Waals surface area contributed by atoms with Crippen molar-refractivity contribution < 1.29 is 14.5 Å². The lowest BCUT2D eigenvalue weighted by Crippen LogP contribution is -1.97. The van der Waals surface area contributed by atoms with E-state index in [-0.39, 0.29) is 12.3 Å². The molecule has 0 saturated carbocycles. The van der Waals surface area contributed by atoms with E-state index in [0.717, 1.165) is 20.1 Å². The first-order valence-corrected chi connectivity index (χ1v) is 10.2. The Balaban J connectivity index is 1.59. The largest absolute Gasteiger partial charge is 0.487 e. The summed E-state index contributed by atoms with van der Waals surface area (Å²) in [5, 5.41) is 14.7. The molecule has 148 valence electrons. The number of ether oxygens (including phenoxy) is 1. The molecule has 0 amide bonds. The second kappa shape index (κ2) is 10.2. The van der Waals surface area contributed by atoms with Crippen LogP contribution in [0.25, 0.3) is 0 Å². The van der Waals surface area contributed by atoms with Crippen LogP contribution in [-0.4, -0.2) is 11.1 Å². The highest BCUT2D eigenvalue weighted by atomic mass is 79.9. The van der Waals surface area contributed by atoms with Crippen molar-refractivity contribution in [1.82, 2.24) is 0 Å². The van der Waals surface area contributed by atoms with E-state index in [9.17, 15) is 10.1 Å². The van der Waals surface area contributed by atoms with Crippen molar-refractivity contribution in [2.75, 3.05) is 0 Å². The molecule has 3 rings (SSSR count). The van der Waals surface area contributed by atoms with Crippen LogP contribution in [0.1, 0.15) is 16.7 Å². The summed E-state index contributed by atoms with van der Waals surface area (Å²) in [7, 11) is 0. The Labute approximate surface area is 184 Å². The van der Waals surface area contributed by atoms with Gasteiger partial charge < -0.3 is 9.57 Å². The molecule has 3 aromatic rings. The van der Waals surface area contributed by atoms with Gasteiger partial charge >= 0.3 is 0 Å². The minimum atomic E-state index is -0.441. The van der Waals surface area contributed by atoms with E-state index in [1.165, 1.54) is 12.1 Å². The van der Waals surface area contributed by atoms with Crippen molar-refractivity contribution >= 4 is 43.8 Å². The quantitative estimate of drug-likeness (QED) is 0.200. The number of benzene rings is 3. The lowest BCUT2D eigenvalue weighted by molar-refractivity contribution is -0.384. The Kier molecular flexibility index (Phi) is 7.37. The zero-order chi connectivity index (χ0) is 20.6. The van der Waals surface area contributed by atoms with E-state index >= 15 is 0 Å². The van der Waals surface area contributed by atoms with Gasteiger partial charge in [-0.05, 0) is 60.7 Å². The summed E-state index contributed by atoms with van der Waals surface area (Å²) in [5.74, 6) is 0.698. The van der Waals surface area contributed by atoms with Crippen molar-refractivity contribution in [3.05, 3.63) is 102 Å². The van der Waals surface area contributed by atoms with Gasteiger partial charge in [0.05, 0.1) is 20.1 Å². The fraction of sp³-hybridized carbons (Fsp3) is 0.0952. The molecule has 0 unspecified atom stereocenters. The van der Waals surface area contributed by atoms with Crippen molar-refractivity contribution in [1.29, 1.82) is 0 Å². The number of non-ortho nitro benzene ring substituents is 1. The molecule has 0 aliphatic heterocycles. The van der Waals surface area contributed by atoms with E-state index in [1.54, 1.807) is 18.3 Å². The fourth-order valence-electron chi connectivity index (χ4n) is 2.49. The molecule has 3 aromatic carbocycles. The molecule has 0 aliphatic rings. The van der Waals surface area contributed by atoms with Crippen LogP contribution in [0.5, 0.6) is 5.75 Å². The highest BCUT2D eigenvalue weighted by Crippen LogP contribution is 2.35. The normalized spacial score (nSPS) is 10.8. The van der Waals surface area contributed by atoms with Gasteiger partial charge in [0, 0.05) is 12.1 Å². The van der Waals surface area contributed by atoms with Crippen molar-refractivity contribution in [2.24, 2.45) is 5.16 Å². The van der Waals surface area contributed by atoms with E-state index in [0.29, 0.717) is 17.9 Å². The van der Waals surface area contributed by atoms with Crippen LogP contribution in [0, 0.1) is 10.1 Å². The van der Waals surface area contributed by atoms with Gasteiger partial charge in [0.25, 0.3) is 5.69 Å². The second-order valence-corrected chi connectivity index (χ2v) is 7.73. The number of hydrogen-bond acceptors (Lipinski definition) is 5. The maximum Gasteiger partial charge on any atom is 0.269 e. The Hall–Kier alpha value is -2.71. The van der Waals surface area contributed by atoms with E-state index in [4.69, 9.17) is 9.57 Å². The SMILES string of the molecule is O=[N+]([O-])c1cccc(CO/N=C\c2cc(Br)c(OCc3ccccc3)c(Br)c2)c1. The summed E-state index contributed by atoms with van der Waals surface area (Å²) in [4.78, 5) is 15.6. The molecule has 0 spiro atoms.